The molecule has 0 aliphatic heterocycles. The molecule has 0 aliphatic carbocycles. The van der Waals surface area contributed by atoms with E-state index in [1.807, 2.05) is 0 Å². The first-order valence-electron chi connectivity index (χ1n) is 14.8. The highest BCUT2D eigenvalue weighted by molar-refractivity contribution is 6.88. The van der Waals surface area contributed by atoms with E-state index >= 15 is 0 Å². The van der Waals surface area contributed by atoms with Crippen LogP contribution < -0.4 is 0 Å². The first-order chi connectivity index (χ1) is 16.1. The van der Waals surface area contributed by atoms with Crippen LogP contribution in [-0.4, -0.2) is 43.0 Å². The van der Waals surface area contributed by atoms with Gasteiger partial charge in [0.05, 0.1) is 0 Å². The van der Waals surface area contributed by atoms with Gasteiger partial charge in [-0.15, -0.1) is 0 Å². The lowest BCUT2D eigenvalue weighted by atomic mass is 10.0. The minimum Gasteiger partial charge on any atom is -0.439 e. The van der Waals surface area contributed by atoms with E-state index in [0.717, 1.165) is 6.04 Å². The maximum atomic E-state index is 6.84. The van der Waals surface area contributed by atoms with Gasteiger partial charge < -0.3 is 16.5 Å². The maximum Gasteiger partial charge on any atom is 0.317 e. The van der Waals surface area contributed by atoms with Crippen molar-refractivity contribution < 1.29 is 16.5 Å². The molecular formula is C32H88O4Si5. The van der Waals surface area contributed by atoms with E-state index < -0.39 is 43.0 Å². The molecule has 4 nitrogen and oxygen atoms in total. The molecule has 0 saturated carbocycles. The molecule has 41 heavy (non-hydrogen) atoms. The van der Waals surface area contributed by atoms with Crippen molar-refractivity contribution >= 4 is 43.0 Å². The number of hydrogen-bond acceptors (Lipinski definition) is 4. The molecule has 0 aromatic carbocycles. The van der Waals surface area contributed by atoms with Gasteiger partial charge in [-0.3, -0.25) is 0 Å². The summed E-state index contributed by atoms with van der Waals surface area (Å²) in [5, 5.41) is 0. The van der Waals surface area contributed by atoms with E-state index in [4.69, 9.17) is 16.5 Å². The second-order valence-corrected chi connectivity index (χ2v) is 31.8. The molecule has 2 atom stereocenters. The van der Waals surface area contributed by atoms with E-state index in [0.29, 0.717) is 0 Å². The molecular weight excluding hydrogens is 589 g/mol. The summed E-state index contributed by atoms with van der Waals surface area (Å²) in [6.45, 7) is 24.7. The Kier molecular flexibility index (Phi) is 41.6. The van der Waals surface area contributed by atoms with E-state index in [1.54, 1.807) is 0 Å². The topological polar surface area (TPSA) is 36.9 Å². The van der Waals surface area contributed by atoms with Crippen molar-refractivity contribution in [2.24, 2.45) is 0 Å². The van der Waals surface area contributed by atoms with E-state index in [2.05, 4.69) is 72.4 Å². The van der Waals surface area contributed by atoms with Crippen LogP contribution in [0.2, 0.25) is 71.5 Å². The number of hydrogen-bond donors (Lipinski definition) is 0. The van der Waals surface area contributed by atoms with Crippen molar-refractivity contribution in [3.8, 4) is 0 Å². The molecule has 0 N–H and O–H groups in total. The molecule has 260 valence electrons. The predicted molar refractivity (Wildman–Crippen MR) is 209 cm³/mol. The monoisotopic (exact) mass is 677 g/mol. The lowest BCUT2D eigenvalue weighted by Gasteiger charge is -2.40. The van der Waals surface area contributed by atoms with Crippen molar-refractivity contribution in [3.63, 3.8) is 0 Å². The second-order valence-electron chi connectivity index (χ2n) is 13.1. The van der Waals surface area contributed by atoms with Crippen LogP contribution in [0.4, 0.5) is 0 Å². The Labute approximate surface area is 271 Å². The highest BCUT2D eigenvalue weighted by Crippen LogP contribution is 2.27. The third-order valence-electron chi connectivity index (χ3n) is 5.93. The zero-order valence-corrected chi connectivity index (χ0v) is 31.0. The zero-order chi connectivity index (χ0) is 27.0. The minimum atomic E-state index is -2.33. The van der Waals surface area contributed by atoms with Gasteiger partial charge in [0.15, 0.2) is 16.6 Å². The molecule has 0 rings (SSSR count). The van der Waals surface area contributed by atoms with Crippen LogP contribution in [0, 0.1) is 0 Å². The normalized spacial score (nSPS) is 13.5. The van der Waals surface area contributed by atoms with Gasteiger partial charge in [0.25, 0.3) is 9.28 Å². The summed E-state index contributed by atoms with van der Waals surface area (Å²) in [6.07, 6.45) is 19.4. The fourth-order valence-corrected chi connectivity index (χ4v) is 25.3. The van der Waals surface area contributed by atoms with Crippen LogP contribution in [-0.2, 0) is 16.5 Å². The standard InChI is InChI=1S/C26H64O4Si5.6CH4/c1-12-13-14-15-16-17-18-19-20-21-22-23-24-25-26-35(11,28-31(2)27-32(3,4)5)30-34(9,10)29-33(6,7)8;;;;;;/h31H,12-26H2,1-11H3;6*1H4. The Morgan fingerprint density at radius 2 is 0.780 bits per heavy atom. The highest BCUT2D eigenvalue weighted by atomic mass is 28.5. The van der Waals surface area contributed by atoms with Crippen LogP contribution in [0.3, 0.4) is 0 Å². The van der Waals surface area contributed by atoms with Crippen molar-refractivity contribution in [1.29, 1.82) is 0 Å². The summed E-state index contributed by atoms with van der Waals surface area (Å²) in [5.74, 6) is 0. The zero-order valence-electron chi connectivity index (χ0n) is 25.8. The maximum absolute atomic E-state index is 6.84. The quantitative estimate of drug-likeness (QED) is 0.0797. The molecule has 9 heteroatoms. The Bertz CT molecular complexity index is 525. The minimum absolute atomic E-state index is 0. The number of unbranched alkanes of at least 4 members (excludes halogenated alkanes) is 13. The van der Waals surface area contributed by atoms with E-state index in [-0.39, 0.29) is 44.6 Å². The van der Waals surface area contributed by atoms with Crippen LogP contribution in [0.1, 0.15) is 141 Å². The van der Waals surface area contributed by atoms with Gasteiger partial charge >= 0.3 is 17.1 Å². The third kappa shape index (κ3) is 38.9. The lowest BCUT2D eigenvalue weighted by Crippen LogP contribution is -2.56. The predicted octanol–water partition coefficient (Wildman–Crippen LogP) is 13.6. The SMILES string of the molecule is C.C.C.C.C.C.CCCCCCCCCCCCCCCC[Si](C)(O[SiH](C)O[Si](C)(C)C)O[Si](C)(C)O[Si](C)(C)C. The summed E-state index contributed by atoms with van der Waals surface area (Å²) >= 11 is 0. The Morgan fingerprint density at radius 3 is 1.10 bits per heavy atom. The molecule has 0 aromatic rings. The second kappa shape index (κ2) is 29.6. The first-order valence-corrected chi connectivity index (χ1v) is 29.1. The Balaban J connectivity index is -0.000000385. The first kappa shape index (κ1) is 57.6. The summed E-state index contributed by atoms with van der Waals surface area (Å²) in [4.78, 5) is 0. The summed E-state index contributed by atoms with van der Waals surface area (Å²) in [5.41, 5.74) is 0. The van der Waals surface area contributed by atoms with E-state index in [9.17, 15) is 0 Å². The van der Waals surface area contributed by atoms with Crippen LogP contribution in [0.5, 0.6) is 0 Å². The molecule has 0 aliphatic rings. The van der Waals surface area contributed by atoms with Crippen molar-refractivity contribution in [2.75, 3.05) is 0 Å². The Morgan fingerprint density at radius 1 is 0.439 bits per heavy atom. The summed E-state index contributed by atoms with van der Waals surface area (Å²) in [6, 6.07) is 1.06. The van der Waals surface area contributed by atoms with Gasteiger partial charge in [-0.25, -0.2) is 0 Å². The van der Waals surface area contributed by atoms with Crippen molar-refractivity contribution in [1.82, 2.24) is 0 Å². The van der Waals surface area contributed by atoms with Crippen molar-refractivity contribution in [3.05, 3.63) is 0 Å². The molecule has 0 spiro atoms. The van der Waals surface area contributed by atoms with E-state index in [1.165, 1.54) is 89.9 Å². The van der Waals surface area contributed by atoms with Crippen LogP contribution in [0.25, 0.3) is 0 Å². The molecule has 0 fully saturated rings. The van der Waals surface area contributed by atoms with Crippen LogP contribution >= 0.6 is 0 Å². The fraction of sp³-hybridized carbons (Fsp3) is 1.00. The van der Waals surface area contributed by atoms with Crippen LogP contribution in [0.15, 0.2) is 0 Å². The summed E-state index contributed by atoms with van der Waals surface area (Å²) < 4.78 is 26.4. The van der Waals surface area contributed by atoms with Crippen molar-refractivity contribution in [2.45, 2.75) is 213 Å². The molecule has 0 radical (unpaired) electrons. The fourth-order valence-electron chi connectivity index (χ4n) is 4.93. The summed E-state index contributed by atoms with van der Waals surface area (Å²) in [7, 11) is -9.53. The molecule has 0 bridgehead atoms. The number of rotatable bonds is 23. The smallest absolute Gasteiger partial charge is 0.317 e. The molecule has 0 heterocycles. The van der Waals surface area contributed by atoms with Gasteiger partial charge in [-0.2, -0.15) is 0 Å². The van der Waals surface area contributed by atoms with Gasteiger partial charge in [0.2, 0.25) is 0 Å². The Hall–Kier alpha value is 0.924. The highest BCUT2D eigenvalue weighted by Gasteiger charge is 2.43. The van der Waals surface area contributed by atoms with Gasteiger partial charge in [-0.1, -0.05) is 141 Å². The lowest BCUT2D eigenvalue weighted by molar-refractivity contribution is 0.304. The molecule has 2 unspecified atom stereocenters. The largest absolute Gasteiger partial charge is 0.439 e. The average Bonchev–Trinajstić information content (AvgIpc) is 2.64. The van der Waals surface area contributed by atoms with Gasteiger partial charge in [-0.05, 0) is 71.5 Å². The van der Waals surface area contributed by atoms with Gasteiger partial charge in [0, 0.05) is 0 Å². The molecule has 0 aromatic heterocycles. The average molecular weight is 677 g/mol. The molecule has 0 saturated heterocycles. The molecule has 0 amide bonds. The van der Waals surface area contributed by atoms with Gasteiger partial charge in [0.1, 0.15) is 0 Å². The third-order valence-corrected chi connectivity index (χ3v) is 22.8.